The first-order valence-corrected chi connectivity index (χ1v) is 10.7. The van der Waals surface area contributed by atoms with Crippen LogP contribution in [0.4, 0.5) is 5.82 Å². The molecule has 29 heavy (non-hydrogen) atoms. The van der Waals surface area contributed by atoms with E-state index in [9.17, 15) is 8.42 Å². The van der Waals surface area contributed by atoms with E-state index in [2.05, 4.69) is 15.0 Å². The Hall–Kier alpha value is -2.69. The molecule has 1 aliphatic heterocycles. The molecule has 0 atom stereocenters. The van der Waals surface area contributed by atoms with E-state index >= 15 is 0 Å². The van der Waals surface area contributed by atoms with Crippen LogP contribution < -0.4 is 9.64 Å². The molecule has 152 valence electrons. The highest BCUT2D eigenvalue weighted by atomic mass is 35.5. The van der Waals surface area contributed by atoms with E-state index in [4.69, 9.17) is 16.3 Å². The predicted molar refractivity (Wildman–Crippen MR) is 108 cm³/mol. The molecule has 4 rings (SSSR count). The molecule has 0 N–H and O–H groups in total. The Kier molecular flexibility index (Phi) is 5.39. The Bertz CT molecular complexity index is 1100. The van der Waals surface area contributed by atoms with Crippen LogP contribution in [0.1, 0.15) is 0 Å². The van der Waals surface area contributed by atoms with Gasteiger partial charge in [-0.3, -0.25) is 4.57 Å². The fourth-order valence-electron chi connectivity index (χ4n) is 3.19. The van der Waals surface area contributed by atoms with E-state index in [1.165, 1.54) is 23.8 Å². The molecule has 3 aromatic rings. The van der Waals surface area contributed by atoms with E-state index in [1.807, 2.05) is 11.0 Å². The average molecular weight is 435 g/mol. The van der Waals surface area contributed by atoms with Crippen molar-refractivity contribution in [3.8, 4) is 11.6 Å². The minimum absolute atomic E-state index is 0.0744. The number of aromatic nitrogens is 4. The molecular weight excluding hydrogens is 416 g/mol. The van der Waals surface area contributed by atoms with E-state index in [0.717, 1.165) is 5.82 Å². The zero-order valence-corrected chi connectivity index (χ0v) is 17.2. The van der Waals surface area contributed by atoms with Gasteiger partial charge in [-0.05, 0) is 18.2 Å². The van der Waals surface area contributed by atoms with Crippen molar-refractivity contribution in [2.45, 2.75) is 4.90 Å². The Morgan fingerprint density at radius 1 is 1.07 bits per heavy atom. The number of nitrogens with zero attached hydrogens (tertiary/aromatic N) is 6. The molecule has 1 fully saturated rings. The molecule has 3 heterocycles. The van der Waals surface area contributed by atoms with E-state index in [1.54, 1.807) is 35.4 Å². The highest BCUT2D eigenvalue weighted by Crippen LogP contribution is 2.30. The predicted octanol–water partition coefficient (Wildman–Crippen LogP) is 1.84. The Labute approximate surface area is 173 Å². The normalized spacial score (nSPS) is 15.4. The molecule has 1 saturated heterocycles. The second-order valence-corrected chi connectivity index (χ2v) is 8.73. The van der Waals surface area contributed by atoms with Gasteiger partial charge < -0.3 is 9.64 Å². The van der Waals surface area contributed by atoms with Crippen LogP contribution in [0.25, 0.3) is 5.82 Å². The Morgan fingerprint density at radius 2 is 1.83 bits per heavy atom. The molecule has 0 unspecified atom stereocenters. The number of halogens is 1. The Balaban J connectivity index is 1.51. The third kappa shape index (κ3) is 3.91. The first-order valence-electron chi connectivity index (χ1n) is 8.88. The molecule has 1 aromatic carbocycles. The summed E-state index contributed by atoms with van der Waals surface area (Å²) in [6.45, 7) is 1.65. The van der Waals surface area contributed by atoms with Crippen LogP contribution in [0.5, 0.6) is 5.75 Å². The topological polar surface area (TPSA) is 93.5 Å². The van der Waals surface area contributed by atoms with Crippen molar-refractivity contribution in [2.75, 3.05) is 38.2 Å². The van der Waals surface area contributed by atoms with Crippen LogP contribution in [0.2, 0.25) is 5.02 Å². The lowest BCUT2D eigenvalue weighted by Gasteiger charge is -2.34. The summed E-state index contributed by atoms with van der Waals surface area (Å²) in [4.78, 5) is 14.7. The van der Waals surface area contributed by atoms with Gasteiger partial charge in [0.2, 0.25) is 10.0 Å². The average Bonchev–Trinajstić information content (AvgIpc) is 3.29. The number of piperazine rings is 1. The van der Waals surface area contributed by atoms with Gasteiger partial charge in [0.1, 0.15) is 34.9 Å². The number of anilines is 1. The van der Waals surface area contributed by atoms with E-state index in [-0.39, 0.29) is 10.6 Å². The monoisotopic (exact) mass is 434 g/mol. The van der Waals surface area contributed by atoms with Crippen molar-refractivity contribution in [1.82, 2.24) is 23.8 Å². The van der Waals surface area contributed by atoms with Gasteiger partial charge in [0, 0.05) is 49.7 Å². The van der Waals surface area contributed by atoms with Crippen molar-refractivity contribution in [3.05, 3.63) is 54.3 Å². The van der Waals surface area contributed by atoms with Gasteiger partial charge in [-0.15, -0.1) is 0 Å². The highest BCUT2D eigenvalue weighted by Gasteiger charge is 2.31. The quantitative estimate of drug-likeness (QED) is 0.604. The molecule has 0 spiro atoms. The summed E-state index contributed by atoms with van der Waals surface area (Å²) in [5.41, 5.74) is 0. The molecule has 0 aliphatic carbocycles. The second-order valence-electron chi connectivity index (χ2n) is 6.39. The number of methoxy groups -OCH3 is 1. The lowest BCUT2D eigenvalue weighted by atomic mass is 10.3. The molecule has 0 radical (unpaired) electrons. The van der Waals surface area contributed by atoms with Crippen molar-refractivity contribution in [3.63, 3.8) is 0 Å². The zero-order chi connectivity index (χ0) is 20.4. The second kappa shape index (κ2) is 7.97. The van der Waals surface area contributed by atoms with Gasteiger partial charge in [0.05, 0.1) is 7.11 Å². The minimum Gasteiger partial charge on any atom is -0.495 e. The van der Waals surface area contributed by atoms with E-state index < -0.39 is 10.0 Å². The molecule has 0 bridgehead atoms. The molecule has 11 heteroatoms. The minimum atomic E-state index is -3.72. The van der Waals surface area contributed by atoms with Crippen molar-refractivity contribution >= 4 is 27.4 Å². The smallest absolute Gasteiger partial charge is 0.246 e. The van der Waals surface area contributed by atoms with Gasteiger partial charge in [-0.25, -0.2) is 23.4 Å². The first-order chi connectivity index (χ1) is 14.0. The first kappa shape index (κ1) is 19.6. The third-order valence-corrected chi connectivity index (χ3v) is 6.87. The SMILES string of the molecule is COc1ccc(Cl)cc1S(=O)(=O)N1CCN(c2cc(-n3ccnc3)ncn2)CC1. The standard InChI is InChI=1S/C18H19ClN6O3S/c1-28-15-3-2-14(19)10-16(15)29(26,27)25-8-6-23(7-9-25)17-11-18(22-12-21-17)24-5-4-20-13-24/h2-5,10-13H,6-9H2,1H3. The number of rotatable bonds is 5. The van der Waals surface area contributed by atoms with Crippen molar-refractivity contribution in [2.24, 2.45) is 0 Å². The maximum Gasteiger partial charge on any atom is 0.246 e. The number of ether oxygens (including phenoxy) is 1. The molecule has 0 saturated carbocycles. The molecule has 9 nitrogen and oxygen atoms in total. The zero-order valence-electron chi connectivity index (χ0n) is 15.6. The maximum atomic E-state index is 13.1. The van der Waals surface area contributed by atoms with Gasteiger partial charge in [0.15, 0.2) is 0 Å². The molecule has 2 aromatic heterocycles. The van der Waals surface area contributed by atoms with Crippen LogP contribution in [-0.4, -0.2) is 65.5 Å². The highest BCUT2D eigenvalue weighted by molar-refractivity contribution is 7.89. The lowest BCUT2D eigenvalue weighted by molar-refractivity contribution is 0.373. The summed E-state index contributed by atoms with van der Waals surface area (Å²) < 4.78 is 34.7. The summed E-state index contributed by atoms with van der Waals surface area (Å²) in [5, 5.41) is 0.344. The van der Waals surface area contributed by atoms with Crippen LogP contribution in [0.15, 0.2) is 54.2 Å². The maximum absolute atomic E-state index is 13.1. The van der Waals surface area contributed by atoms with Gasteiger partial charge in [-0.1, -0.05) is 11.6 Å². The summed E-state index contributed by atoms with van der Waals surface area (Å²) in [6.07, 6.45) is 6.63. The number of sulfonamides is 1. The van der Waals surface area contributed by atoms with Crippen molar-refractivity contribution in [1.29, 1.82) is 0 Å². The lowest BCUT2D eigenvalue weighted by Crippen LogP contribution is -2.49. The van der Waals surface area contributed by atoms with Crippen LogP contribution in [-0.2, 0) is 10.0 Å². The Morgan fingerprint density at radius 3 is 2.52 bits per heavy atom. The summed E-state index contributed by atoms with van der Waals surface area (Å²) in [7, 11) is -2.29. The number of imidazole rings is 1. The third-order valence-electron chi connectivity index (χ3n) is 4.71. The molecular formula is C18H19ClN6O3S. The van der Waals surface area contributed by atoms with Gasteiger partial charge in [0.25, 0.3) is 0 Å². The van der Waals surface area contributed by atoms with Gasteiger partial charge >= 0.3 is 0 Å². The van der Waals surface area contributed by atoms with Gasteiger partial charge in [-0.2, -0.15) is 4.31 Å². The largest absolute Gasteiger partial charge is 0.495 e. The molecule has 1 aliphatic rings. The summed E-state index contributed by atoms with van der Waals surface area (Å²) in [6, 6.07) is 6.43. The summed E-state index contributed by atoms with van der Waals surface area (Å²) in [5.74, 6) is 1.71. The molecule has 0 amide bonds. The van der Waals surface area contributed by atoms with Crippen LogP contribution >= 0.6 is 11.6 Å². The number of hydrogen-bond acceptors (Lipinski definition) is 7. The van der Waals surface area contributed by atoms with Crippen molar-refractivity contribution < 1.29 is 13.2 Å². The summed E-state index contributed by atoms with van der Waals surface area (Å²) >= 11 is 6.01. The fourth-order valence-corrected chi connectivity index (χ4v) is 5.04. The number of benzene rings is 1. The van der Waals surface area contributed by atoms with Crippen LogP contribution in [0.3, 0.4) is 0 Å². The van der Waals surface area contributed by atoms with E-state index in [0.29, 0.717) is 37.0 Å². The fraction of sp³-hybridized carbons (Fsp3) is 0.278. The number of hydrogen-bond donors (Lipinski definition) is 0. The van der Waals surface area contributed by atoms with Crippen LogP contribution in [0, 0.1) is 0 Å².